The van der Waals surface area contributed by atoms with Gasteiger partial charge in [-0.1, -0.05) is 0 Å². The molecule has 7 nitrogen and oxygen atoms in total. The average Bonchev–Trinajstić information content (AvgIpc) is 2.86. The highest BCUT2D eigenvalue weighted by Crippen LogP contribution is 2.11. The molecule has 0 saturated heterocycles. The third kappa shape index (κ3) is 2.65. The predicted octanol–water partition coefficient (Wildman–Crippen LogP) is -0.210. The maximum Gasteiger partial charge on any atom is 0.287 e. The second-order valence-electron chi connectivity index (χ2n) is 3.93. The van der Waals surface area contributed by atoms with Gasteiger partial charge in [-0.15, -0.1) is 0 Å². The number of hydrogen-bond donors (Lipinski definition) is 2. The quantitative estimate of drug-likeness (QED) is 0.802. The van der Waals surface area contributed by atoms with E-state index in [2.05, 4.69) is 15.1 Å². The van der Waals surface area contributed by atoms with Crippen LogP contribution in [0.5, 0.6) is 0 Å². The summed E-state index contributed by atoms with van der Waals surface area (Å²) in [6.45, 7) is -0.674. The zero-order valence-electron chi connectivity index (χ0n) is 9.97. The topological polar surface area (TPSA) is 92.4 Å². The first-order valence-electron chi connectivity index (χ1n) is 5.37. The molecule has 0 bridgehead atoms. The number of alkyl halides is 2. The van der Waals surface area contributed by atoms with Gasteiger partial charge in [0.05, 0.1) is 17.8 Å². The van der Waals surface area contributed by atoms with Crippen molar-refractivity contribution in [1.29, 1.82) is 0 Å². The molecule has 0 aromatic carbocycles. The Kier molecular flexibility index (Phi) is 3.38. The number of nitrogens with zero attached hydrogens (tertiary/aromatic N) is 4. The van der Waals surface area contributed by atoms with Crippen LogP contribution in [0.1, 0.15) is 16.1 Å². The lowest BCUT2D eigenvalue weighted by Crippen LogP contribution is -2.39. The second-order valence-corrected chi connectivity index (χ2v) is 3.93. The Morgan fingerprint density at radius 1 is 1.53 bits per heavy atom. The number of hydrogen-bond acceptors (Lipinski definition) is 5. The molecule has 0 unspecified atom stereocenters. The molecule has 2 aromatic heterocycles. The third-order valence-electron chi connectivity index (χ3n) is 2.53. The number of carbonyl (C=O) groups excluding carboxylic acids is 1. The molecule has 0 fully saturated rings. The Bertz CT molecular complexity index is 613. The Hall–Kier alpha value is -2.16. The van der Waals surface area contributed by atoms with E-state index >= 15 is 0 Å². The summed E-state index contributed by atoms with van der Waals surface area (Å²) in [5.74, 6) is -3.75. The van der Waals surface area contributed by atoms with E-state index in [1.807, 2.05) is 5.32 Å². The molecule has 9 heteroatoms. The van der Waals surface area contributed by atoms with Crippen LogP contribution in [0.15, 0.2) is 12.5 Å². The van der Waals surface area contributed by atoms with Gasteiger partial charge in [0.15, 0.2) is 0 Å². The van der Waals surface area contributed by atoms with E-state index in [0.717, 1.165) is 0 Å². The van der Waals surface area contributed by atoms with Crippen LogP contribution >= 0.6 is 0 Å². The van der Waals surface area contributed by atoms with Crippen molar-refractivity contribution >= 4 is 11.7 Å². The average molecular weight is 271 g/mol. The van der Waals surface area contributed by atoms with Gasteiger partial charge in [-0.05, 0) is 6.92 Å². The molecule has 0 radical (unpaired) electrons. The van der Waals surface area contributed by atoms with Gasteiger partial charge < -0.3 is 10.4 Å². The number of halogens is 2. The van der Waals surface area contributed by atoms with Gasteiger partial charge in [-0.3, -0.25) is 4.79 Å². The van der Waals surface area contributed by atoms with E-state index in [1.165, 1.54) is 17.0 Å². The first kappa shape index (κ1) is 13.3. The molecule has 0 saturated carbocycles. The van der Waals surface area contributed by atoms with Gasteiger partial charge in [0.2, 0.25) is 0 Å². The molecule has 2 N–H and O–H groups in total. The molecule has 2 aromatic rings. The van der Waals surface area contributed by atoms with Crippen molar-refractivity contribution in [2.45, 2.75) is 12.8 Å². The minimum Gasteiger partial charge on any atom is -0.390 e. The van der Waals surface area contributed by atoms with Crippen LogP contribution in [0, 0.1) is 6.92 Å². The number of aliphatic hydroxyl groups is 1. The lowest BCUT2D eigenvalue weighted by molar-refractivity contribution is -0.0462. The smallest absolute Gasteiger partial charge is 0.287 e. The van der Waals surface area contributed by atoms with E-state index in [-0.39, 0.29) is 5.56 Å². The van der Waals surface area contributed by atoms with Gasteiger partial charge in [0.25, 0.3) is 17.6 Å². The number of nitrogens with one attached hydrogen (secondary N) is 1. The molecule has 0 aliphatic carbocycles. The molecule has 0 aliphatic heterocycles. The molecule has 0 spiro atoms. The summed E-state index contributed by atoms with van der Waals surface area (Å²) in [5.41, 5.74) is 0.555. The lowest BCUT2D eigenvalue weighted by atomic mass is 10.2. The number of amides is 1. The van der Waals surface area contributed by atoms with Crippen LogP contribution in [0.2, 0.25) is 0 Å². The summed E-state index contributed by atoms with van der Waals surface area (Å²) in [6.07, 6.45) is 2.52. The van der Waals surface area contributed by atoms with Crippen LogP contribution in [0.3, 0.4) is 0 Å². The first-order valence-corrected chi connectivity index (χ1v) is 5.37. The molecule has 1 amide bonds. The Morgan fingerprint density at radius 3 is 2.95 bits per heavy atom. The zero-order valence-corrected chi connectivity index (χ0v) is 9.97. The molecule has 0 atom stereocenters. The fourth-order valence-corrected chi connectivity index (χ4v) is 1.47. The maximum atomic E-state index is 12.8. The van der Waals surface area contributed by atoms with Gasteiger partial charge >= 0.3 is 0 Å². The summed E-state index contributed by atoms with van der Waals surface area (Å²) < 4.78 is 27.0. The first-order chi connectivity index (χ1) is 8.94. The maximum absolute atomic E-state index is 12.8. The number of aliphatic hydroxyl groups excluding tert-OH is 1. The molecular weight excluding hydrogens is 260 g/mol. The van der Waals surface area contributed by atoms with Crippen LogP contribution in [0.4, 0.5) is 8.78 Å². The third-order valence-corrected chi connectivity index (χ3v) is 2.53. The zero-order chi connectivity index (χ0) is 14.0. The minimum atomic E-state index is -3.35. The van der Waals surface area contributed by atoms with Crippen LogP contribution in [-0.4, -0.2) is 49.7 Å². The number of aryl methyl sites for hydroxylation is 1. The van der Waals surface area contributed by atoms with Crippen molar-refractivity contribution in [3.63, 3.8) is 0 Å². The number of fused-ring (bicyclic) bond motifs is 1. The summed E-state index contributed by atoms with van der Waals surface area (Å²) in [4.78, 5) is 19.5. The highest BCUT2D eigenvalue weighted by atomic mass is 19.3. The Labute approximate surface area is 106 Å². The number of aromatic nitrogens is 4. The Balaban J connectivity index is 2.20. The van der Waals surface area contributed by atoms with E-state index < -0.39 is 25.0 Å². The monoisotopic (exact) mass is 271 g/mol. The van der Waals surface area contributed by atoms with Crippen LogP contribution in [-0.2, 0) is 0 Å². The van der Waals surface area contributed by atoms with Gasteiger partial charge in [0, 0.05) is 6.20 Å². The van der Waals surface area contributed by atoms with Crippen LogP contribution < -0.4 is 5.32 Å². The largest absolute Gasteiger partial charge is 0.390 e. The van der Waals surface area contributed by atoms with E-state index in [1.54, 1.807) is 6.92 Å². The van der Waals surface area contributed by atoms with E-state index in [0.29, 0.717) is 11.5 Å². The molecule has 0 aliphatic rings. The second kappa shape index (κ2) is 4.84. The SMILES string of the molecule is Cc1c(C(=O)NCC(F)(F)CO)cnc2ncnn12. The summed E-state index contributed by atoms with van der Waals surface area (Å²) >= 11 is 0. The molecule has 2 heterocycles. The summed E-state index contributed by atoms with van der Waals surface area (Å²) in [6, 6.07) is 0. The van der Waals surface area contributed by atoms with E-state index in [9.17, 15) is 13.6 Å². The van der Waals surface area contributed by atoms with Crippen molar-refractivity contribution in [2.75, 3.05) is 13.2 Å². The van der Waals surface area contributed by atoms with Gasteiger partial charge in [-0.2, -0.15) is 10.1 Å². The van der Waals surface area contributed by atoms with Crippen molar-refractivity contribution in [2.24, 2.45) is 0 Å². The normalized spacial score (nSPS) is 11.8. The van der Waals surface area contributed by atoms with Gasteiger partial charge in [-0.25, -0.2) is 18.3 Å². The number of rotatable bonds is 4. The van der Waals surface area contributed by atoms with Crippen molar-refractivity contribution in [3.8, 4) is 0 Å². The number of carbonyl (C=O) groups is 1. The Morgan fingerprint density at radius 2 is 2.26 bits per heavy atom. The minimum absolute atomic E-state index is 0.117. The fraction of sp³-hybridized carbons (Fsp3) is 0.400. The molecule has 102 valence electrons. The molecular formula is C10H11F2N5O2. The summed E-state index contributed by atoms with van der Waals surface area (Å²) in [5, 5.41) is 14.3. The predicted molar refractivity (Wildman–Crippen MR) is 59.9 cm³/mol. The van der Waals surface area contributed by atoms with Crippen molar-refractivity contribution in [3.05, 3.63) is 23.8 Å². The fourth-order valence-electron chi connectivity index (χ4n) is 1.47. The highest BCUT2D eigenvalue weighted by Gasteiger charge is 2.28. The molecule has 2 rings (SSSR count). The van der Waals surface area contributed by atoms with Crippen LogP contribution in [0.25, 0.3) is 5.78 Å². The van der Waals surface area contributed by atoms with Gasteiger partial charge in [0.1, 0.15) is 12.9 Å². The van der Waals surface area contributed by atoms with E-state index in [4.69, 9.17) is 5.11 Å². The highest BCUT2D eigenvalue weighted by molar-refractivity contribution is 5.95. The standard InChI is InChI=1S/C10H11F2N5O2/c1-6-7(2-13-9-15-5-16-17(6)9)8(19)14-3-10(11,12)4-18/h2,5,18H,3-4H2,1H3,(H,14,19). The molecule has 19 heavy (non-hydrogen) atoms. The lowest BCUT2D eigenvalue weighted by Gasteiger charge is -2.14. The van der Waals surface area contributed by atoms with Crippen molar-refractivity contribution < 1.29 is 18.7 Å². The summed E-state index contributed by atoms with van der Waals surface area (Å²) in [7, 11) is 0. The van der Waals surface area contributed by atoms with Crippen molar-refractivity contribution in [1.82, 2.24) is 24.9 Å².